The lowest BCUT2D eigenvalue weighted by molar-refractivity contribution is 0.00836. The van der Waals surface area contributed by atoms with E-state index in [0.29, 0.717) is 0 Å². The van der Waals surface area contributed by atoms with E-state index in [1.165, 1.54) is 26.4 Å². The topological polar surface area (TPSA) is 105 Å². The first-order valence-electron chi connectivity index (χ1n) is 6.37. The van der Waals surface area contributed by atoms with Crippen LogP contribution in [-0.4, -0.2) is 34.7 Å². The summed E-state index contributed by atoms with van der Waals surface area (Å²) in [5, 5.41) is 5.13. The summed E-state index contributed by atoms with van der Waals surface area (Å²) < 4.78 is 38.6. The third-order valence-electron chi connectivity index (χ3n) is 3.34. The summed E-state index contributed by atoms with van der Waals surface area (Å²) in [4.78, 5) is 12.0. The number of benzene rings is 1. The van der Waals surface area contributed by atoms with E-state index in [2.05, 4.69) is 0 Å². The molecule has 2 rings (SSSR count). The van der Waals surface area contributed by atoms with Crippen molar-refractivity contribution in [1.29, 1.82) is 0 Å². The monoisotopic (exact) mass is 315 g/mol. The van der Waals surface area contributed by atoms with Gasteiger partial charge >= 0.3 is 5.97 Å². The molecule has 0 saturated heterocycles. The number of primary sulfonamides is 1. The Kier molecular flexibility index (Phi) is 4.38. The highest BCUT2D eigenvalue weighted by Crippen LogP contribution is 2.36. The zero-order valence-electron chi connectivity index (χ0n) is 11.8. The minimum Gasteiger partial charge on any atom is -0.496 e. The van der Waals surface area contributed by atoms with E-state index < -0.39 is 16.0 Å². The van der Waals surface area contributed by atoms with Crippen molar-refractivity contribution in [2.24, 2.45) is 5.14 Å². The molecule has 1 saturated carbocycles. The Morgan fingerprint density at radius 2 is 1.90 bits per heavy atom. The van der Waals surface area contributed by atoms with Gasteiger partial charge in [0.05, 0.1) is 14.2 Å². The van der Waals surface area contributed by atoms with Gasteiger partial charge in [-0.25, -0.2) is 18.4 Å². The van der Waals surface area contributed by atoms with E-state index in [-0.39, 0.29) is 28.1 Å². The normalized spacial score (nSPS) is 15.2. The number of ether oxygens (including phenoxy) is 3. The number of hydrogen-bond donors (Lipinski definition) is 1. The summed E-state index contributed by atoms with van der Waals surface area (Å²) in [6.45, 7) is 0. The van der Waals surface area contributed by atoms with Crippen LogP contribution < -0.4 is 14.6 Å². The molecule has 116 valence electrons. The van der Waals surface area contributed by atoms with Gasteiger partial charge in [-0.3, -0.25) is 0 Å². The molecule has 1 aromatic carbocycles. The maximum Gasteiger partial charge on any atom is 0.346 e. The second kappa shape index (κ2) is 5.90. The van der Waals surface area contributed by atoms with Gasteiger partial charge in [0, 0.05) is 0 Å². The molecular weight excluding hydrogens is 298 g/mol. The van der Waals surface area contributed by atoms with Crippen molar-refractivity contribution in [3.05, 3.63) is 17.7 Å². The summed E-state index contributed by atoms with van der Waals surface area (Å²) in [7, 11) is -1.41. The van der Waals surface area contributed by atoms with Crippen LogP contribution in [-0.2, 0) is 14.8 Å². The number of carbonyl (C=O) groups excluding carboxylic acids is 1. The second-order valence-electron chi connectivity index (χ2n) is 4.68. The van der Waals surface area contributed by atoms with Crippen molar-refractivity contribution < 1.29 is 27.4 Å². The SMILES string of the molecule is COc1ccc(S(N)(=O)=O)c(OC)c1C(=O)OC1CCC1. The number of nitrogens with two attached hydrogens (primary N) is 1. The molecule has 0 spiro atoms. The van der Waals surface area contributed by atoms with Gasteiger partial charge < -0.3 is 14.2 Å². The molecule has 1 aliphatic carbocycles. The first-order valence-corrected chi connectivity index (χ1v) is 7.92. The molecule has 1 aliphatic rings. The van der Waals surface area contributed by atoms with Gasteiger partial charge in [-0.15, -0.1) is 0 Å². The lowest BCUT2D eigenvalue weighted by Crippen LogP contribution is -2.26. The minimum atomic E-state index is -4.03. The van der Waals surface area contributed by atoms with E-state index in [1.54, 1.807) is 0 Å². The van der Waals surface area contributed by atoms with E-state index in [4.69, 9.17) is 19.3 Å². The van der Waals surface area contributed by atoms with Gasteiger partial charge in [0.1, 0.15) is 22.3 Å². The number of methoxy groups -OCH3 is 2. The third kappa shape index (κ3) is 3.11. The fraction of sp³-hybridized carbons (Fsp3) is 0.462. The van der Waals surface area contributed by atoms with Crippen LogP contribution in [0, 0.1) is 0 Å². The van der Waals surface area contributed by atoms with Crippen LogP contribution in [0.4, 0.5) is 0 Å². The highest BCUT2D eigenvalue weighted by molar-refractivity contribution is 7.89. The Bertz CT molecular complexity index is 651. The maximum atomic E-state index is 12.3. The Labute approximate surface area is 123 Å². The molecular formula is C13H17NO6S. The molecule has 0 bridgehead atoms. The maximum absolute atomic E-state index is 12.3. The number of sulfonamides is 1. The smallest absolute Gasteiger partial charge is 0.346 e. The van der Waals surface area contributed by atoms with Gasteiger partial charge in [0.2, 0.25) is 10.0 Å². The van der Waals surface area contributed by atoms with E-state index >= 15 is 0 Å². The van der Waals surface area contributed by atoms with Gasteiger partial charge in [-0.2, -0.15) is 0 Å². The number of hydrogen-bond acceptors (Lipinski definition) is 6. The molecule has 21 heavy (non-hydrogen) atoms. The minimum absolute atomic E-state index is 0.0709. The number of esters is 1. The van der Waals surface area contributed by atoms with Gasteiger partial charge in [-0.1, -0.05) is 0 Å². The highest BCUT2D eigenvalue weighted by atomic mass is 32.2. The van der Waals surface area contributed by atoms with Crippen LogP contribution in [0.15, 0.2) is 17.0 Å². The fourth-order valence-corrected chi connectivity index (χ4v) is 2.74. The van der Waals surface area contributed by atoms with Crippen LogP contribution in [0.1, 0.15) is 29.6 Å². The lowest BCUT2D eigenvalue weighted by Gasteiger charge is -2.26. The van der Waals surface area contributed by atoms with Gasteiger partial charge in [0.25, 0.3) is 0 Å². The predicted molar refractivity (Wildman–Crippen MR) is 74.0 cm³/mol. The number of rotatable bonds is 5. The highest BCUT2D eigenvalue weighted by Gasteiger charge is 2.30. The Morgan fingerprint density at radius 1 is 1.24 bits per heavy atom. The van der Waals surface area contributed by atoms with Crippen molar-refractivity contribution in [3.8, 4) is 11.5 Å². The molecule has 0 unspecified atom stereocenters. The quantitative estimate of drug-likeness (QED) is 0.815. The molecule has 2 N–H and O–H groups in total. The lowest BCUT2D eigenvalue weighted by atomic mass is 9.96. The van der Waals surface area contributed by atoms with Crippen LogP contribution in [0.25, 0.3) is 0 Å². The largest absolute Gasteiger partial charge is 0.496 e. The van der Waals surface area contributed by atoms with Gasteiger partial charge in [0.15, 0.2) is 5.75 Å². The molecule has 1 aromatic rings. The molecule has 0 heterocycles. The molecule has 1 fully saturated rings. The summed E-state index contributed by atoms with van der Waals surface area (Å²) in [6.07, 6.45) is 2.45. The number of carbonyl (C=O) groups is 1. The Morgan fingerprint density at radius 3 is 2.33 bits per heavy atom. The zero-order valence-corrected chi connectivity index (χ0v) is 12.6. The van der Waals surface area contributed by atoms with Crippen molar-refractivity contribution in [1.82, 2.24) is 0 Å². The molecule has 0 atom stereocenters. The molecule has 0 amide bonds. The average molecular weight is 315 g/mol. The van der Waals surface area contributed by atoms with Gasteiger partial charge in [-0.05, 0) is 31.4 Å². The predicted octanol–water partition coefficient (Wildman–Crippen LogP) is 1.06. The van der Waals surface area contributed by atoms with Crippen molar-refractivity contribution in [2.45, 2.75) is 30.3 Å². The Hall–Kier alpha value is -1.80. The van der Waals surface area contributed by atoms with Crippen molar-refractivity contribution in [3.63, 3.8) is 0 Å². The van der Waals surface area contributed by atoms with Crippen LogP contribution in [0.3, 0.4) is 0 Å². The second-order valence-corrected chi connectivity index (χ2v) is 6.21. The summed E-state index contributed by atoms with van der Waals surface area (Å²) >= 11 is 0. The van der Waals surface area contributed by atoms with Crippen molar-refractivity contribution in [2.75, 3.05) is 14.2 Å². The summed E-state index contributed by atoms with van der Waals surface area (Å²) in [5.41, 5.74) is -0.0709. The van der Waals surface area contributed by atoms with E-state index in [9.17, 15) is 13.2 Å². The van der Waals surface area contributed by atoms with E-state index in [0.717, 1.165) is 19.3 Å². The fourth-order valence-electron chi connectivity index (χ4n) is 2.03. The van der Waals surface area contributed by atoms with Crippen molar-refractivity contribution >= 4 is 16.0 Å². The standard InChI is InChI=1S/C13H17NO6S/c1-18-9-6-7-10(21(14,16)17)12(19-2)11(9)13(15)20-8-4-3-5-8/h6-8H,3-5H2,1-2H3,(H2,14,16,17). The van der Waals surface area contributed by atoms with Crippen LogP contribution in [0.2, 0.25) is 0 Å². The molecule has 0 radical (unpaired) electrons. The van der Waals surface area contributed by atoms with Crippen LogP contribution >= 0.6 is 0 Å². The molecule has 0 aliphatic heterocycles. The van der Waals surface area contributed by atoms with Crippen LogP contribution in [0.5, 0.6) is 11.5 Å². The average Bonchev–Trinajstić information content (AvgIpc) is 2.39. The molecule has 8 heteroatoms. The summed E-state index contributed by atoms with van der Waals surface area (Å²) in [6, 6.07) is 2.58. The first kappa shape index (κ1) is 15.6. The zero-order chi connectivity index (χ0) is 15.6. The summed E-state index contributed by atoms with van der Waals surface area (Å²) in [5.74, 6) is -0.677. The third-order valence-corrected chi connectivity index (χ3v) is 4.28. The Balaban J connectivity index is 2.51. The molecule has 7 nitrogen and oxygen atoms in total. The molecule has 0 aromatic heterocycles. The first-order chi connectivity index (χ1) is 9.88. The van der Waals surface area contributed by atoms with E-state index in [1.807, 2.05) is 0 Å².